The minimum atomic E-state index is -0.228. The zero-order valence-corrected chi connectivity index (χ0v) is 16.5. The van der Waals surface area contributed by atoms with E-state index in [1.807, 2.05) is 18.2 Å². The first-order valence-corrected chi connectivity index (χ1v) is 10.2. The van der Waals surface area contributed by atoms with Gasteiger partial charge in [-0.2, -0.15) is 0 Å². The molecule has 9 heteroatoms. The lowest BCUT2D eigenvalue weighted by atomic mass is 10.2. The van der Waals surface area contributed by atoms with Crippen LogP contribution >= 0.6 is 0 Å². The second kappa shape index (κ2) is 9.32. The summed E-state index contributed by atoms with van der Waals surface area (Å²) < 4.78 is 16.4. The van der Waals surface area contributed by atoms with E-state index in [0.29, 0.717) is 37.8 Å². The minimum absolute atomic E-state index is 0.0145. The Morgan fingerprint density at radius 3 is 2.72 bits per heavy atom. The monoisotopic (exact) mass is 404 g/mol. The third-order valence-electron chi connectivity index (χ3n) is 5.34. The predicted octanol–water partition coefficient (Wildman–Crippen LogP) is 0.585. The molecule has 0 spiro atoms. The second-order valence-electron chi connectivity index (χ2n) is 7.44. The van der Waals surface area contributed by atoms with Gasteiger partial charge in [-0.05, 0) is 25.1 Å². The summed E-state index contributed by atoms with van der Waals surface area (Å²) in [5, 5.41) is 5.79. The molecule has 158 valence electrons. The molecular formula is C20H28N4O5. The van der Waals surface area contributed by atoms with Crippen LogP contribution < -0.4 is 25.0 Å². The number of carbonyl (C=O) groups excluding carboxylic acids is 2. The molecule has 1 aromatic carbocycles. The molecule has 0 unspecified atom stereocenters. The molecule has 0 aromatic heterocycles. The molecule has 3 heterocycles. The summed E-state index contributed by atoms with van der Waals surface area (Å²) in [4.78, 5) is 28.6. The molecule has 0 radical (unpaired) electrons. The van der Waals surface area contributed by atoms with E-state index in [4.69, 9.17) is 14.2 Å². The van der Waals surface area contributed by atoms with E-state index in [9.17, 15) is 9.59 Å². The number of fused-ring (bicyclic) bond motifs is 1. The molecule has 0 bridgehead atoms. The lowest BCUT2D eigenvalue weighted by molar-refractivity contribution is -0.117. The number of hydrogen-bond acceptors (Lipinski definition) is 6. The number of hydrogen-bond donors (Lipinski definition) is 2. The van der Waals surface area contributed by atoms with Gasteiger partial charge in [0.15, 0.2) is 11.5 Å². The first kappa shape index (κ1) is 19.8. The molecular weight excluding hydrogens is 376 g/mol. The summed E-state index contributed by atoms with van der Waals surface area (Å²) in [5.41, 5.74) is 0.759. The Morgan fingerprint density at radius 1 is 1.10 bits per heavy atom. The highest BCUT2D eigenvalue weighted by Gasteiger charge is 2.32. The van der Waals surface area contributed by atoms with Crippen LogP contribution in [0.2, 0.25) is 0 Å². The molecule has 1 aromatic rings. The molecule has 0 aliphatic carbocycles. The van der Waals surface area contributed by atoms with Gasteiger partial charge in [-0.25, -0.2) is 4.79 Å². The fourth-order valence-electron chi connectivity index (χ4n) is 3.82. The fraction of sp³-hybridized carbons (Fsp3) is 0.600. The smallest absolute Gasteiger partial charge is 0.315 e. The van der Waals surface area contributed by atoms with E-state index < -0.39 is 0 Å². The highest BCUT2D eigenvalue weighted by molar-refractivity contribution is 5.97. The van der Waals surface area contributed by atoms with Crippen LogP contribution in [0.4, 0.5) is 10.5 Å². The van der Waals surface area contributed by atoms with Crippen molar-refractivity contribution in [1.82, 2.24) is 15.5 Å². The van der Waals surface area contributed by atoms with E-state index >= 15 is 0 Å². The summed E-state index contributed by atoms with van der Waals surface area (Å²) in [7, 11) is 0. The Labute approximate surface area is 170 Å². The van der Waals surface area contributed by atoms with Gasteiger partial charge >= 0.3 is 6.03 Å². The largest absolute Gasteiger partial charge is 0.486 e. The lowest BCUT2D eigenvalue weighted by Gasteiger charge is -2.26. The molecule has 29 heavy (non-hydrogen) atoms. The number of nitrogens with one attached hydrogen (secondary N) is 2. The average molecular weight is 404 g/mol. The van der Waals surface area contributed by atoms with Gasteiger partial charge in [-0.3, -0.25) is 9.69 Å². The van der Waals surface area contributed by atoms with Gasteiger partial charge in [-0.15, -0.1) is 0 Å². The molecule has 3 amide bonds. The van der Waals surface area contributed by atoms with Crippen molar-refractivity contribution in [2.24, 2.45) is 0 Å². The number of benzene rings is 1. The molecule has 4 rings (SSSR count). The van der Waals surface area contributed by atoms with Gasteiger partial charge in [0, 0.05) is 44.4 Å². The van der Waals surface area contributed by atoms with Crippen LogP contribution in [0.3, 0.4) is 0 Å². The summed E-state index contributed by atoms with van der Waals surface area (Å²) in [5.74, 6) is 1.33. The Morgan fingerprint density at radius 2 is 1.90 bits per heavy atom. The van der Waals surface area contributed by atoms with Crippen LogP contribution in [0.5, 0.6) is 11.5 Å². The average Bonchev–Trinajstić information content (AvgIpc) is 3.11. The third kappa shape index (κ3) is 5.10. The van der Waals surface area contributed by atoms with Crippen LogP contribution in [0.15, 0.2) is 18.2 Å². The van der Waals surface area contributed by atoms with Crippen molar-refractivity contribution in [1.29, 1.82) is 0 Å². The van der Waals surface area contributed by atoms with Gasteiger partial charge in [-0.1, -0.05) is 0 Å². The molecule has 3 aliphatic heterocycles. The molecule has 9 nitrogen and oxygen atoms in total. The Hall–Kier alpha value is -2.52. The molecule has 2 N–H and O–H groups in total. The maximum atomic E-state index is 12.4. The standard InChI is InChI=1S/C20H28N4O5/c25-19-12-15(22-20(26)21-4-1-5-23-6-8-27-9-7-23)14-24(19)16-2-3-17-18(13-16)29-11-10-28-17/h2-3,13,15H,1,4-12,14H2,(H2,21,22,26)/t15-/m0/s1. The zero-order chi connectivity index (χ0) is 20.1. The quantitative estimate of drug-likeness (QED) is 0.674. The van der Waals surface area contributed by atoms with Crippen molar-refractivity contribution in [3.8, 4) is 11.5 Å². The molecule has 2 saturated heterocycles. The van der Waals surface area contributed by atoms with E-state index in [1.165, 1.54) is 0 Å². The normalized spacial score (nSPS) is 21.9. The second-order valence-corrected chi connectivity index (χ2v) is 7.44. The van der Waals surface area contributed by atoms with Gasteiger partial charge in [0.05, 0.1) is 19.3 Å². The van der Waals surface area contributed by atoms with Crippen molar-refractivity contribution < 1.29 is 23.8 Å². The SMILES string of the molecule is O=C(NCCCN1CCOCC1)N[C@H]1CC(=O)N(c2ccc3c(c2)OCCO3)C1. The minimum Gasteiger partial charge on any atom is -0.486 e. The van der Waals surface area contributed by atoms with E-state index in [2.05, 4.69) is 15.5 Å². The molecule has 1 atom stereocenters. The number of nitrogens with zero attached hydrogens (tertiary/aromatic N) is 2. The predicted molar refractivity (Wildman–Crippen MR) is 107 cm³/mol. The molecule has 3 aliphatic rings. The van der Waals surface area contributed by atoms with Crippen molar-refractivity contribution in [3.05, 3.63) is 18.2 Å². The third-order valence-corrected chi connectivity index (χ3v) is 5.34. The summed E-state index contributed by atoms with van der Waals surface area (Å²) in [6.45, 7) is 6.49. The number of carbonyl (C=O) groups is 2. The van der Waals surface area contributed by atoms with E-state index in [1.54, 1.807) is 4.90 Å². The van der Waals surface area contributed by atoms with Gasteiger partial charge in [0.2, 0.25) is 5.91 Å². The number of urea groups is 1. The number of rotatable bonds is 6. The highest BCUT2D eigenvalue weighted by Crippen LogP contribution is 2.35. The fourth-order valence-corrected chi connectivity index (χ4v) is 3.82. The summed E-state index contributed by atoms with van der Waals surface area (Å²) in [6, 6.07) is 5.04. The topological polar surface area (TPSA) is 92.4 Å². The Bertz CT molecular complexity index is 738. The van der Waals surface area contributed by atoms with Crippen LogP contribution in [0, 0.1) is 0 Å². The van der Waals surface area contributed by atoms with Crippen LogP contribution in [0.25, 0.3) is 0 Å². The van der Waals surface area contributed by atoms with Crippen LogP contribution in [-0.2, 0) is 9.53 Å². The summed E-state index contributed by atoms with van der Waals surface area (Å²) in [6.07, 6.45) is 1.18. The first-order chi connectivity index (χ1) is 14.2. The van der Waals surface area contributed by atoms with Gasteiger partial charge in [0.25, 0.3) is 0 Å². The van der Waals surface area contributed by atoms with Crippen LogP contribution in [0.1, 0.15) is 12.8 Å². The lowest BCUT2D eigenvalue weighted by Crippen LogP contribution is -2.44. The maximum Gasteiger partial charge on any atom is 0.315 e. The van der Waals surface area contributed by atoms with Crippen LogP contribution in [-0.4, -0.2) is 82.0 Å². The molecule has 0 saturated carbocycles. The number of anilines is 1. The number of ether oxygens (including phenoxy) is 3. The van der Waals surface area contributed by atoms with E-state index in [-0.39, 0.29) is 24.4 Å². The number of morpholine rings is 1. The summed E-state index contributed by atoms with van der Waals surface area (Å²) >= 11 is 0. The zero-order valence-electron chi connectivity index (χ0n) is 16.5. The van der Waals surface area contributed by atoms with Crippen molar-refractivity contribution >= 4 is 17.6 Å². The van der Waals surface area contributed by atoms with E-state index in [0.717, 1.165) is 45.0 Å². The van der Waals surface area contributed by atoms with Gasteiger partial charge in [0.1, 0.15) is 13.2 Å². The van der Waals surface area contributed by atoms with Gasteiger partial charge < -0.3 is 29.7 Å². The Kier molecular flexibility index (Phi) is 6.36. The number of amides is 3. The first-order valence-electron chi connectivity index (χ1n) is 10.2. The molecule has 2 fully saturated rings. The van der Waals surface area contributed by atoms with Crippen molar-refractivity contribution in [2.75, 3.05) is 64.1 Å². The maximum absolute atomic E-state index is 12.4. The highest BCUT2D eigenvalue weighted by atomic mass is 16.6. The Balaban J connectivity index is 1.21. The van der Waals surface area contributed by atoms with Crippen molar-refractivity contribution in [3.63, 3.8) is 0 Å². The van der Waals surface area contributed by atoms with Crippen molar-refractivity contribution in [2.45, 2.75) is 18.9 Å².